The number of aliphatic hydroxyl groups is 4. The van der Waals surface area contributed by atoms with E-state index in [1.807, 2.05) is 13.8 Å². The van der Waals surface area contributed by atoms with Crippen molar-refractivity contribution in [3.63, 3.8) is 0 Å². The minimum absolute atomic E-state index is 0. The van der Waals surface area contributed by atoms with E-state index in [0.717, 1.165) is 6.42 Å². The van der Waals surface area contributed by atoms with E-state index >= 15 is 0 Å². The molecule has 3 aliphatic heterocycles. The molecule has 6 N–H and O–H groups in total. The fourth-order valence-electron chi connectivity index (χ4n) is 12.8. The second kappa shape index (κ2) is 13.3. The molecule has 4 bridgehead atoms. The Morgan fingerprint density at radius 2 is 1.37 bits per heavy atom. The first-order valence-electron chi connectivity index (χ1n) is 20.6. The summed E-state index contributed by atoms with van der Waals surface area (Å²) in [5.41, 5.74) is -9.89. The van der Waals surface area contributed by atoms with Gasteiger partial charge in [0.25, 0.3) is 5.79 Å². The van der Waals surface area contributed by atoms with Gasteiger partial charge in [-0.2, -0.15) is 0 Å². The summed E-state index contributed by atoms with van der Waals surface area (Å²) in [7, 11) is 0. The van der Waals surface area contributed by atoms with Crippen molar-refractivity contribution >= 4 is 17.9 Å². The summed E-state index contributed by atoms with van der Waals surface area (Å²) in [6.45, 7) is 17.5. The Hall–Kier alpha value is -1.87. The molecule has 16 atom stereocenters. The molecule has 7 rings (SSSR count). The van der Waals surface area contributed by atoms with Crippen molar-refractivity contribution in [2.75, 3.05) is 13.1 Å². The molecule has 0 aromatic rings. The monoisotopic (exact) mass is 765 g/mol. The predicted octanol–water partition coefficient (Wildman–Crippen LogP) is 3.05. The summed E-state index contributed by atoms with van der Waals surface area (Å²) < 4.78 is 26.2. The van der Waals surface area contributed by atoms with Crippen molar-refractivity contribution < 1.29 is 59.2 Å². The minimum atomic E-state index is -2.12. The molecule has 0 aromatic heterocycles. The molecule has 308 valence electrons. The van der Waals surface area contributed by atoms with Crippen molar-refractivity contribution in [1.82, 2.24) is 4.90 Å². The Morgan fingerprint density at radius 3 is 1.96 bits per heavy atom. The lowest BCUT2D eigenvalue weighted by atomic mass is 9.48. The number of fused-ring (bicyclic) bond motifs is 5. The smallest absolute Gasteiger partial charge is 0.311 e. The molecule has 13 heteroatoms. The lowest BCUT2D eigenvalue weighted by Gasteiger charge is -2.68. The van der Waals surface area contributed by atoms with Crippen LogP contribution < -0.4 is 0 Å². The van der Waals surface area contributed by atoms with Crippen LogP contribution in [0.25, 0.3) is 0 Å². The van der Waals surface area contributed by atoms with Crippen LogP contribution in [0.15, 0.2) is 0 Å². The van der Waals surface area contributed by atoms with E-state index < -0.39 is 105 Å². The summed E-state index contributed by atoms with van der Waals surface area (Å²) in [6, 6.07) is -0.454. The second-order valence-corrected chi connectivity index (χ2v) is 19.3. The van der Waals surface area contributed by atoms with Crippen molar-refractivity contribution in [2.45, 2.75) is 179 Å². The number of carbonyl (C=O) groups is 3. The largest absolute Gasteiger partial charge is 0.459 e. The molecule has 54 heavy (non-hydrogen) atoms. The lowest BCUT2D eigenvalue weighted by molar-refractivity contribution is -0.355. The van der Waals surface area contributed by atoms with Gasteiger partial charge in [-0.05, 0) is 64.2 Å². The predicted molar refractivity (Wildman–Crippen MR) is 195 cm³/mol. The molecule has 0 aromatic carbocycles. The average Bonchev–Trinajstić information content (AvgIpc) is 3.27. The molecule has 0 radical (unpaired) electrons. The molecule has 4 aliphatic carbocycles. The van der Waals surface area contributed by atoms with Crippen LogP contribution in [0.4, 0.5) is 0 Å². The molecule has 7 unspecified atom stereocenters. The SMILES string of the molecule is CCC(C)C(=O)OC1CC[C@@]2(C)C3CC[C@@H]4C2(C[C@@]2(O)[C@@H]5CN6C[C@@H](C)CC[C@H]6[C@@](C)(O)[C@@]5(O)C(OC(=O)C(C)CC)C[C@@]42O)OC13OC(=O)C(C)C.O. The third-order valence-electron chi connectivity index (χ3n) is 16.3. The van der Waals surface area contributed by atoms with Gasteiger partial charge in [-0.3, -0.25) is 19.3 Å². The van der Waals surface area contributed by atoms with E-state index in [1.54, 1.807) is 34.6 Å². The Morgan fingerprint density at radius 1 is 0.778 bits per heavy atom. The van der Waals surface area contributed by atoms with Gasteiger partial charge in [0, 0.05) is 55.1 Å². The maximum absolute atomic E-state index is 13.6. The standard InChI is InChI=1S/C41H65NO11.H2O/c1-10-24(6)33(44)50-30-16-17-35(8)26-13-14-27-37(47)18-31(51-34(45)25(7)11-2)40(49)28(20-42-19-23(5)12-15-29(42)36(40,9)46)38(37,48)21-39(27,35)53-41(26,30)52-32(43)22(3)4;/h22-31,46-49H,10-21H2,1-9H3;1H2/t23-,24?,25?,26?,27-,28-,29-,30?,31?,35-,36+,37+,38+,39?,40-,41?;/m0./s1. The van der Waals surface area contributed by atoms with Crippen LogP contribution in [-0.4, -0.2) is 114 Å². The number of esters is 3. The Bertz CT molecular complexity index is 1510. The van der Waals surface area contributed by atoms with Gasteiger partial charge in [0.1, 0.15) is 28.5 Å². The summed E-state index contributed by atoms with van der Waals surface area (Å²) in [5.74, 6) is -6.40. The number of nitrogens with zero attached hydrogens (tertiary/aromatic N) is 1. The van der Waals surface area contributed by atoms with Crippen LogP contribution in [0.3, 0.4) is 0 Å². The van der Waals surface area contributed by atoms with Gasteiger partial charge in [-0.15, -0.1) is 0 Å². The first-order valence-corrected chi connectivity index (χ1v) is 20.6. The van der Waals surface area contributed by atoms with Crippen molar-refractivity contribution in [2.24, 2.45) is 46.8 Å². The molecular weight excluding hydrogens is 698 g/mol. The Balaban J connectivity index is 0.00000497. The molecule has 13 nitrogen and oxygen atoms in total. The molecule has 7 aliphatic rings. The molecule has 4 saturated carbocycles. The van der Waals surface area contributed by atoms with Gasteiger partial charge in [0.2, 0.25) is 0 Å². The highest BCUT2D eigenvalue weighted by Gasteiger charge is 2.90. The zero-order valence-electron chi connectivity index (χ0n) is 33.9. The topological polar surface area (TPSA) is 204 Å². The fourth-order valence-corrected chi connectivity index (χ4v) is 12.8. The number of piperidine rings is 2. The molecule has 0 amide bonds. The average molecular weight is 766 g/mol. The van der Waals surface area contributed by atoms with E-state index in [0.29, 0.717) is 57.4 Å². The van der Waals surface area contributed by atoms with Crippen LogP contribution in [0.1, 0.15) is 127 Å². The quantitative estimate of drug-likeness (QED) is 0.208. The number of hydrogen-bond acceptors (Lipinski definition) is 12. The van der Waals surface area contributed by atoms with E-state index in [2.05, 4.69) is 18.7 Å². The first-order chi connectivity index (χ1) is 24.6. The number of carbonyl (C=O) groups excluding carboxylic acids is 3. The van der Waals surface area contributed by atoms with Gasteiger partial charge in [0.05, 0.1) is 23.4 Å². The molecule has 1 spiro atoms. The van der Waals surface area contributed by atoms with Crippen LogP contribution in [-0.2, 0) is 33.3 Å². The molecule has 7 fully saturated rings. The highest BCUT2D eigenvalue weighted by atomic mass is 16.8. The normalized spacial score (nSPS) is 50.0. The van der Waals surface area contributed by atoms with Gasteiger partial charge < -0.3 is 44.8 Å². The van der Waals surface area contributed by atoms with E-state index in [4.69, 9.17) is 18.9 Å². The Labute approximate surface area is 320 Å². The van der Waals surface area contributed by atoms with Crippen LogP contribution in [0.5, 0.6) is 0 Å². The van der Waals surface area contributed by atoms with Crippen LogP contribution in [0, 0.1) is 46.8 Å². The number of hydrogen-bond donors (Lipinski definition) is 4. The summed E-state index contributed by atoms with van der Waals surface area (Å²) >= 11 is 0. The van der Waals surface area contributed by atoms with E-state index in [-0.39, 0.29) is 30.8 Å². The van der Waals surface area contributed by atoms with Gasteiger partial charge in [0.15, 0.2) is 6.10 Å². The first kappa shape index (κ1) is 41.8. The molecule has 3 heterocycles. The second-order valence-electron chi connectivity index (χ2n) is 19.3. The maximum Gasteiger partial charge on any atom is 0.311 e. The third-order valence-corrected chi connectivity index (χ3v) is 16.3. The third kappa shape index (κ3) is 5.16. The summed E-state index contributed by atoms with van der Waals surface area (Å²) in [5, 5.41) is 52.8. The van der Waals surface area contributed by atoms with Gasteiger partial charge in [-0.25, -0.2) is 0 Å². The van der Waals surface area contributed by atoms with Crippen molar-refractivity contribution in [3.05, 3.63) is 0 Å². The van der Waals surface area contributed by atoms with E-state index in [9.17, 15) is 34.8 Å². The fraction of sp³-hybridized carbons (Fsp3) is 0.927. The van der Waals surface area contributed by atoms with Gasteiger partial charge >= 0.3 is 17.9 Å². The summed E-state index contributed by atoms with van der Waals surface area (Å²) in [4.78, 5) is 42.7. The van der Waals surface area contributed by atoms with E-state index in [1.165, 1.54) is 0 Å². The number of ether oxygens (including phenoxy) is 4. The zero-order valence-corrected chi connectivity index (χ0v) is 33.9. The highest BCUT2D eigenvalue weighted by Crippen LogP contribution is 2.79. The van der Waals surface area contributed by atoms with Gasteiger partial charge in [-0.1, -0.05) is 55.4 Å². The van der Waals surface area contributed by atoms with Crippen LogP contribution in [0.2, 0.25) is 0 Å². The number of rotatable bonds is 8. The van der Waals surface area contributed by atoms with Crippen molar-refractivity contribution in [3.8, 4) is 0 Å². The summed E-state index contributed by atoms with van der Waals surface area (Å²) in [6.07, 6.45) is 1.64. The van der Waals surface area contributed by atoms with Crippen molar-refractivity contribution in [1.29, 1.82) is 0 Å². The highest BCUT2D eigenvalue weighted by molar-refractivity contribution is 5.74. The molecular formula is C41H67NO12. The van der Waals surface area contributed by atoms with Crippen LogP contribution >= 0.6 is 0 Å². The Kier molecular flexibility index (Phi) is 10.3. The lowest BCUT2D eigenvalue weighted by Crippen LogP contribution is -2.85. The minimum Gasteiger partial charge on any atom is -0.459 e. The molecule has 3 saturated heterocycles. The maximum atomic E-state index is 13.6. The zero-order chi connectivity index (χ0) is 38.9.